The molecule has 3 aromatic rings. The van der Waals surface area contributed by atoms with Gasteiger partial charge in [0.25, 0.3) is 5.91 Å². The molecule has 1 aromatic heterocycles. The van der Waals surface area contributed by atoms with Crippen molar-refractivity contribution < 1.29 is 19.1 Å². The van der Waals surface area contributed by atoms with Gasteiger partial charge in [0.1, 0.15) is 17.1 Å². The Bertz CT molecular complexity index is 1160. The van der Waals surface area contributed by atoms with Gasteiger partial charge in [-0.25, -0.2) is 4.79 Å². The molecule has 0 unspecified atom stereocenters. The first-order chi connectivity index (χ1) is 13.8. The van der Waals surface area contributed by atoms with Crippen molar-refractivity contribution in [3.63, 3.8) is 0 Å². The highest BCUT2D eigenvalue weighted by atomic mass is 35.5. The van der Waals surface area contributed by atoms with Gasteiger partial charge in [0, 0.05) is 22.3 Å². The molecule has 29 heavy (non-hydrogen) atoms. The minimum atomic E-state index is -0.902. The van der Waals surface area contributed by atoms with Crippen LogP contribution < -0.4 is 10.9 Å². The van der Waals surface area contributed by atoms with E-state index in [0.717, 1.165) is 6.08 Å². The number of benzene rings is 2. The van der Waals surface area contributed by atoms with Crippen molar-refractivity contribution >= 4 is 35.1 Å². The maximum atomic E-state index is 12.3. The van der Waals surface area contributed by atoms with Gasteiger partial charge < -0.3 is 14.8 Å². The summed E-state index contributed by atoms with van der Waals surface area (Å²) in [5, 5.41) is 13.1. The smallest absolute Gasteiger partial charge is 0.351 e. The molecule has 0 aliphatic carbocycles. The number of hydrogen-bond donors (Lipinski definition) is 2. The lowest BCUT2D eigenvalue weighted by Crippen LogP contribution is -2.13. The van der Waals surface area contributed by atoms with Crippen LogP contribution in [0.1, 0.15) is 32.0 Å². The van der Waals surface area contributed by atoms with E-state index in [1.54, 1.807) is 48.5 Å². The van der Waals surface area contributed by atoms with Gasteiger partial charge in [-0.3, -0.25) is 9.59 Å². The predicted molar refractivity (Wildman–Crippen MR) is 111 cm³/mol. The quantitative estimate of drug-likeness (QED) is 0.479. The first-order valence-corrected chi connectivity index (χ1v) is 8.94. The van der Waals surface area contributed by atoms with Crippen molar-refractivity contribution in [1.82, 2.24) is 0 Å². The van der Waals surface area contributed by atoms with Crippen LogP contribution in [0.3, 0.4) is 0 Å². The van der Waals surface area contributed by atoms with Gasteiger partial charge in [-0.05, 0) is 55.0 Å². The minimum absolute atomic E-state index is 0.206. The second-order valence-electron chi connectivity index (χ2n) is 6.19. The van der Waals surface area contributed by atoms with Gasteiger partial charge in [0.05, 0.1) is 0 Å². The monoisotopic (exact) mass is 409 g/mol. The molecule has 3 rings (SSSR count). The van der Waals surface area contributed by atoms with Crippen LogP contribution in [0.2, 0.25) is 5.02 Å². The third-order valence-electron chi connectivity index (χ3n) is 3.98. The van der Waals surface area contributed by atoms with E-state index < -0.39 is 22.7 Å². The first kappa shape index (κ1) is 20.1. The van der Waals surface area contributed by atoms with Gasteiger partial charge in [-0.1, -0.05) is 29.8 Å². The molecule has 1 amide bonds. The topological polar surface area (TPSA) is 96.6 Å². The molecule has 0 bridgehead atoms. The van der Waals surface area contributed by atoms with E-state index >= 15 is 0 Å². The van der Waals surface area contributed by atoms with Crippen molar-refractivity contribution in [2.75, 3.05) is 5.32 Å². The number of aromatic hydroxyl groups is 1. The summed E-state index contributed by atoms with van der Waals surface area (Å²) in [6.07, 6.45) is 2.63. The third kappa shape index (κ3) is 5.00. The Balaban J connectivity index is 1.76. The number of hydrogen-bond acceptors (Lipinski definition) is 5. The summed E-state index contributed by atoms with van der Waals surface area (Å²) in [6, 6.07) is 14.5. The van der Waals surface area contributed by atoms with E-state index in [4.69, 9.17) is 16.0 Å². The number of aryl methyl sites for hydroxylation is 1. The number of rotatable bonds is 5. The SMILES string of the molecule is Cc1cc(O)c(C(=O)/C=C/c2cccc(NC(=O)c3ccc(Cl)cc3)c2)c(=O)o1. The number of allylic oxidation sites excluding steroid dienone is 1. The van der Waals surface area contributed by atoms with Crippen LogP contribution >= 0.6 is 11.6 Å². The summed E-state index contributed by atoms with van der Waals surface area (Å²) in [4.78, 5) is 36.4. The molecule has 1 heterocycles. The number of anilines is 1. The lowest BCUT2D eigenvalue weighted by atomic mass is 10.1. The molecule has 2 aromatic carbocycles. The molecule has 146 valence electrons. The number of carbonyl (C=O) groups excluding carboxylic acids is 2. The van der Waals surface area contributed by atoms with Crippen LogP contribution in [0.25, 0.3) is 6.08 Å². The fourth-order valence-electron chi connectivity index (χ4n) is 2.60. The fourth-order valence-corrected chi connectivity index (χ4v) is 2.73. The van der Waals surface area contributed by atoms with Gasteiger partial charge in [-0.2, -0.15) is 0 Å². The maximum Gasteiger partial charge on any atom is 0.351 e. The molecule has 0 saturated carbocycles. The minimum Gasteiger partial charge on any atom is -0.507 e. The molecule has 0 aliphatic heterocycles. The lowest BCUT2D eigenvalue weighted by molar-refractivity contribution is 0.102. The average molecular weight is 410 g/mol. The van der Waals surface area contributed by atoms with E-state index in [-0.39, 0.29) is 11.7 Å². The molecule has 6 nitrogen and oxygen atoms in total. The fraction of sp³-hybridized carbons (Fsp3) is 0.0455. The first-order valence-electron chi connectivity index (χ1n) is 8.56. The molecule has 0 saturated heterocycles. The zero-order valence-corrected chi connectivity index (χ0v) is 16.1. The molecular weight excluding hydrogens is 394 g/mol. The van der Waals surface area contributed by atoms with Crippen molar-refractivity contribution in [3.05, 3.63) is 98.6 Å². The van der Waals surface area contributed by atoms with Gasteiger partial charge >= 0.3 is 5.63 Å². The summed E-state index contributed by atoms with van der Waals surface area (Å²) in [7, 11) is 0. The Hall–Kier alpha value is -3.64. The standard InChI is InChI=1S/C22H16ClNO5/c1-13-11-19(26)20(22(28)29-13)18(25)10-5-14-3-2-4-17(12-14)24-21(27)15-6-8-16(23)9-7-15/h2-12,26H,1H3,(H,24,27)/b10-5+. The molecule has 0 radical (unpaired) electrons. The van der Waals surface area contributed by atoms with Crippen LogP contribution in [-0.2, 0) is 0 Å². The van der Waals surface area contributed by atoms with Gasteiger partial charge in [0.15, 0.2) is 5.78 Å². The third-order valence-corrected chi connectivity index (χ3v) is 4.23. The Kier molecular flexibility index (Phi) is 5.95. The molecule has 2 N–H and O–H groups in total. The van der Waals surface area contributed by atoms with E-state index in [1.807, 2.05) is 0 Å². The highest BCUT2D eigenvalue weighted by molar-refractivity contribution is 6.30. The van der Waals surface area contributed by atoms with Crippen LogP contribution in [0, 0.1) is 6.92 Å². The van der Waals surface area contributed by atoms with Crippen molar-refractivity contribution in [2.45, 2.75) is 6.92 Å². The molecule has 0 spiro atoms. The Morgan fingerprint density at radius 1 is 1.10 bits per heavy atom. The van der Waals surface area contributed by atoms with Gasteiger partial charge in [-0.15, -0.1) is 0 Å². The zero-order chi connectivity index (χ0) is 21.0. The largest absolute Gasteiger partial charge is 0.507 e. The van der Waals surface area contributed by atoms with Crippen LogP contribution in [0.15, 0.2) is 69.9 Å². The normalized spacial score (nSPS) is 10.8. The summed E-state index contributed by atoms with van der Waals surface area (Å²) in [6.45, 7) is 1.50. The number of halogens is 1. The number of amides is 1. The average Bonchev–Trinajstić information content (AvgIpc) is 2.66. The number of ketones is 1. The zero-order valence-electron chi connectivity index (χ0n) is 15.3. The Morgan fingerprint density at radius 3 is 2.52 bits per heavy atom. The van der Waals surface area contributed by atoms with Crippen LogP contribution in [0.5, 0.6) is 5.75 Å². The van der Waals surface area contributed by atoms with Crippen molar-refractivity contribution in [2.24, 2.45) is 0 Å². The maximum absolute atomic E-state index is 12.3. The lowest BCUT2D eigenvalue weighted by Gasteiger charge is -2.06. The molecule has 0 atom stereocenters. The second-order valence-corrected chi connectivity index (χ2v) is 6.63. The summed E-state index contributed by atoms with van der Waals surface area (Å²) in [5.41, 5.74) is 0.257. The van der Waals surface area contributed by atoms with E-state index in [1.165, 1.54) is 19.1 Å². The van der Waals surface area contributed by atoms with E-state index in [9.17, 15) is 19.5 Å². The number of nitrogens with one attached hydrogen (secondary N) is 1. The predicted octanol–water partition coefficient (Wildman–Crippen LogP) is 4.46. The van der Waals surface area contributed by atoms with Crippen LogP contribution in [-0.4, -0.2) is 16.8 Å². The second kappa shape index (κ2) is 8.58. The van der Waals surface area contributed by atoms with E-state index in [0.29, 0.717) is 21.8 Å². The summed E-state index contributed by atoms with van der Waals surface area (Å²) < 4.78 is 4.85. The highest BCUT2D eigenvalue weighted by Gasteiger charge is 2.15. The Labute approximate surface area is 171 Å². The summed E-state index contributed by atoms with van der Waals surface area (Å²) in [5.74, 6) is -1.22. The van der Waals surface area contributed by atoms with Crippen molar-refractivity contribution in [1.29, 1.82) is 0 Å². The molecular formula is C22H16ClNO5. The molecule has 0 fully saturated rings. The van der Waals surface area contributed by atoms with Gasteiger partial charge in [0.2, 0.25) is 0 Å². The molecule has 0 aliphatic rings. The van der Waals surface area contributed by atoms with E-state index in [2.05, 4.69) is 5.32 Å². The Morgan fingerprint density at radius 2 is 1.83 bits per heavy atom. The molecule has 7 heteroatoms. The van der Waals surface area contributed by atoms with Crippen molar-refractivity contribution in [3.8, 4) is 5.75 Å². The highest BCUT2D eigenvalue weighted by Crippen LogP contribution is 2.18. The van der Waals surface area contributed by atoms with Crippen LogP contribution in [0.4, 0.5) is 5.69 Å². The summed E-state index contributed by atoms with van der Waals surface area (Å²) >= 11 is 5.82. The number of carbonyl (C=O) groups is 2.